The highest BCUT2D eigenvalue weighted by Gasteiger charge is 2.29. The highest BCUT2D eigenvalue weighted by Crippen LogP contribution is 2.39. The molecule has 0 heterocycles. The molecular weight excluding hydrogens is 574 g/mol. The van der Waals surface area contributed by atoms with Crippen molar-refractivity contribution < 1.29 is 27.4 Å². The smallest absolute Gasteiger partial charge is 0.265 e. The molecule has 3 aromatic carbocycles. The second kappa shape index (κ2) is 13.4. The zero-order valence-electron chi connectivity index (χ0n) is 25.7. The number of hydrogen-bond acceptors (Lipinski definition) is 6. The van der Waals surface area contributed by atoms with E-state index < -0.39 is 21.1 Å². The van der Waals surface area contributed by atoms with Gasteiger partial charge in [0.1, 0.15) is 27.9 Å². The third-order valence-corrected chi connectivity index (χ3v) is 9.29. The average Bonchev–Trinajstić information content (AvgIpc) is 2.96. The van der Waals surface area contributed by atoms with Crippen LogP contribution < -0.4 is 19.5 Å². The maximum Gasteiger partial charge on any atom is 0.265 e. The summed E-state index contributed by atoms with van der Waals surface area (Å²) in [5, 5.41) is 2.79. The van der Waals surface area contributed by atoms with Crippen LogP contribution in [0.2, 0.25) is 0 Å². The van der Waals surface area contributed by atoms with Crippen LogP contribution in [-0.2, 0) is 24.7 Å². The molecule has 0 aliphatic carbocycles. The van der Waals surface area contributed by atoms with Crippen molar-refractivity contribution in [1.82, 2.24) is 0 Å². The molecule has 0 aliphatic rings. The van der Waals surface area contributed by atoms with Crippen molar-refractivity contribution in [3.05, 3.63) is 71.8 Å². The van der Waals surface area contributed by atoms with Crippen molar-refractivity contribution in [2.24, 2.45) is 0 Å². The SMILES string of the molecule is CCC(Oc1ccc(C(C)(C)CC)cc1C(C)(C)CC)C(=O)Nc1ccc(Oc2ccc(OC)cc2)c(S(=O)(=O)Cl)c1. The fourth-order valence-corrected chi connectivity index (χ4v) is 5.29. The number of anilines is 1. The number of rotatable bonds is 13. The Kier molecular flexibility index (Phi) is 10.6. The highest BCUT2D eigenvalue weighted by atomic mass is 35.7. The van der Waals surface area contributed by atoms with Gasteiger partial charge in [-0.15, -0.1) is 0 Å². The predicted molar refractivity (Wildman–Crippen MR) is 169 cm³/mol. The molecule has 3 aromatic rings. The summed E-state index contributed by atoms with van der Waals surface area (Å²) >= 11 is 0. The van der Waals surface area contributed by atoms with E-state index in [-0.39, 0.29) is 27.2 Å². The maximum atomic E-state index is 13.4. The lowest BCUT2D eigenvalue weighted by atomic mass is 9.76. The Bertz CT molecular complexity index is 1500. The molecule has 0 fully saturated rings. The minimum Gasteiger partial charge on any atom is -0.497 e. The summed E-state index contributed by atoms with van der Waals surface area (Å²) < 4.78 is 42.1. The molecular formula is C33H42ClNO6S. The first-order valence-corrected chi connectivity index (χ1v) is 16.5. The third-order valence-electron chi connectivity index (χ3n) is 7.95. The van der Waals surface area contributed by atoms with E-state index >= 15 is 0 Å². The summed E-state index contributed by atoms with van der Waals surface area (Å²) in [7, 11) is 3.09. The summed E-state index contributed by atoms with van der Waals surface area (Å²) in [5.41, 5.74) is 2.34. The van der Waals surface area contributed by atoms with Gasteiger partial charge in [-0.2, -0.15) is 0 Å². The molecule has 0 aliphatic heterocycles. The van der Waals surface area contributed by atoms with Crippen LogP contribution in [0.25, 0.3) is 0 Å². The lowest BCUT2D eigenvalue weighted by Crippen LogP contribution is -2.33. The lowest BCUT2D eigenvalue weighted by Gasteiger charge is -2.31. The molecule has 42 heavy (non-hydrogen) atoms. The van der Waals surface area contributed by atoms with Gasteiger partial charge in [0.15, 0.2) is 6.10 Å². The second-order valence-electron chi connectivity index (χ2n) is 11.6. The molecule has 0 saturated carbocycles. The number of hydrogen-bond donors (Lipinski definition) is 1. The Morgan fingerprint density at radius 2 is 1.45 bits per heavy atom. The summed E-state index contributed by atoms with van der Waals surface area (Å²) in [5.74, 6) is 1.30. The van der Waals surface area contributed by atoms with Gasteiger partial charge in [-0.25, -0.2) is 8.42 Å². The van der Waals surface area contributed by atoms with Gasteiger partial charge in [-0.05, 0) is 84.2 Å². The summed E-state index contributed by atoms with van der Waals surface area (Å²) in [6.07, 6.45) is 1.47. The van der Waals surface area contributed by atoms with E-state index in [2.05, 4.69) is 59.0 Å². The van der Waals surface area contributed by atoms with Gasteiger partial charge in [0, 0.05) is 21.9 Å². The Labute approximate surface area is 255 Å². The molecule has 0 aromatic heterocycles. The minimum atomic E-state index is -4.20. The molecule has 0 saturated heterocycles. The van der Waals surface area contributed by atoms with Crippen LogP contribution in [0.5, 0.6) is 23.0 Å². The topological polar surface area (TPSA) is 90.9 Å². The van der Waals surface area contributed by atoms with Crippen molar-refractivity contribution in [2.75, 3.05) is 12.4 Å². The number of carbonyl (C=O) groups excluding carboxylic acids is 1. The van der Waals surface area contributed by atoms with Gasteiger partial charge in [0.2, 0.25) is 0 Å². The first kappa shape index (κ1) is 33.3. The quantitative estimate of drug-likeness (QED) is 0.194. The molecule has 0 bridgehead atoms. The van der Waals surface area contributed by atoms with E-state index in [1.165, 1.54) is 17.7 Å². The Balaban J connectivity index is 1.88. The Morgan fingerprint density at radius 1 is 0.857 bits per heavy atom. The van der Waals surface area contributed by atoms with Crippen LogP contribution in [0.1, 0.15) is 78.9 Å². The van der Waals surface area contributed by atoms with Crippen molar-refractivity contribution in [3.8, 4) is 23.0 Å². The first-order valence-electron chi connectivity index (χ1n) is 14.2. The van der Waals surface area contributed by atoms with Gasteiger partial charge in [-0.1, -0.05) is 60.6 Å². The monoisotopic (exact) mass is 615 g/mol. The zero-order chi connectivity index (χ0) is 31.3. The van der Waals surface area contributed by atoms with Crippen molar-refractivity contribution in [3.63, 3.8) is 0 Å². The number of nitrogens with one attached hydrogen (secondary N) is 1. The van der Waals surface area contributed by atoms with Crippen molar-refractivity contribution in [2.45, 2.75) is 89.6 Å². The molecule has 9 heteroatoms. The van der Waals surface area contributed by atoms with Gasteiger partial charge in [-0.3, -0.25) is 4.79 Å². The number of ether oxygens (including phenoxy) is 3. The molecule has 0 radical (unpaired) electrons. The summed E-state index contributed by atoms with van der Waals surface area (Å²) in [6.45, 7) is 14.9. The zero-order valence-corrected chi connectivity index (χ0v) is 27.3. The van der Waals surface area contributed by atoms with E-state index in [0.717, 1.165) is 18.4 Å². The van der Waals surface area contributed by atoms with Crippen LogP contribution in [0.4, 0.5) is 5.69 Å². The normalized spacial score (nSPS) is 12.9. The Hall–Kier alpha value is -3.23. The Morgan fingerprint density at radius 3 is 2.00 bits per heavy atom. The van der Waals surface area contributed by atoms with Crippen LogP contribution in [0.3, 0.4) is 0 Å². The van der Waals surface area contributed by atoms with Crippen molar-refractivity contribution >= 4 is 31.3 Å². The van der Waals surface area contributed by atoms with Crippen LogP contribution >= 0.6 is 10.7 Å². The van der Waals surface area contributed by atoms with Crippen LogP contribution in [-0.4, -0.2) is 27.5 Å². The average molecular weight is 616 g/mol. The third kappa shape index (κ3) is 7.98. The number of carbonyl (C=O) groups is 1. The molecule has 7 nitrogen and oxygen atoms in total. The summed E-state index contributed by atoms with van der Waals surface area (Å²) in [6, 6.07) is 17.2. The molecule has 1 atom stereocenters. The van der Waals surface area contributed by atoms with E-state index in [1.807, 2.05) is 13.0 Å². The molecule has 1 amide bonds. The molecule has 228 valence electrons. The van der Waals surface area contributed by atoms with E-state index in [0.29, 0.717) is 23.7 Å². The fraction of sp³-hybridized carbons (Fsp3) is 0.424. The number of benzene rings is 3. The largest absolute Gasteiger partial charge is 0.497 e. The minimum absolute atomic E-state index is 0.00233. The highest BCUT2D eigenvalue weighted by molar-refractivity contribution is 8.13. The fourth-order valence-electron chi connectivity index (χ4n) is 4.31. The maximum absolute atomic E-state index is 13.4. The standard InChI is InChI=1S/C33H42ClNO6S/c1-9-27(41-28-18-12-22(32(4,5)10-2)20-26(28)33(6,7)11-3)31(36)35-23-13-19-29(30(21-23)42(34,37)38)40-25-16-14-24(39-8)15-17-25/h12-21,27H,9-11H2,1-8H3,(H,35,36). The van der Waals surface area contributed by atoms with Gasteiger partial charge in [0.25, 0.3) is 15.0 Å². The van der Waals surface area contributed by atoms with Gasteiger partial charge in [0.05, 0.1) is 7.11 Å². The number of halogens is 1. The first-order chi connectivity index (χ1) is 19.6. The van der Waals surface area contributed by atoms with Crippen molar-refractivity contribution in [1.29, 1.82) is 0 Å². The van der Waals surface area contributed by atoms with Crippen LogP contribution in [0, 0.1) is 0 Å². The molecule has 1 N–H and O–H groups in total. The number of amides is 1. The lowest BCUT2D eigenvalue weighted by molar-refractivity contribution is -0.122. The molecule has 0 spiro atoms. The van der Waals surface area contributed by atoms with E-state index in [4.69, 9.17) is 24.9 Å². The predicted octanol–water partition coefficient (Wildman–Crippen LogP) is 8.59. The number of methoxy groups -OCH3 is 1. The van der Waals surface area contributed by atoms with Gasteiger partial charge < -0.3 is 19.5 Å². The van der Waals surface area contributed by atoms with E-state index in [1.54, 1.807) is 37.4 Å². The molecule has 3 rings (SSSR count). The summed E-state index contributed by atoms with van der Waals surface area (Å²) in [4.78, 5) is 13.1. The molecule has 1 unspecified atom stereocenters. The van der Waals surface area contributed by atoms with E-state index in [9.17, 15) is 13.2 Å². The van der Waals surface area contributed by atoms with Gasteiger partial charge >= 0.3 is 0 Å². The second-order valence-corrected chi connectivity index (χ2v) is 14.1. The van der Waals surface area contributed by atoms with Crippen LogP contribution in [0.15, 0.2) is 65.6 Å².